The minimum Gasteiger partial charge on any atom is -0.334 e. The van der Waals surface area contributed by atoms with E-state index >= 15 is 0 Å². The molecule has 1 fully saturated rings. The van der Waals surface area contributed by atoms with Crippen LogP contribution in [-0.4, -0.2) is 49.6 Å². The first-order valence-electron chi connectivity index (χ1n) is 6.74. The molecule has 0 spiro atoms. The molecule has 1 aliphatic rings. The molecule has 8 heteroatoms. The van der Waals surface area contributed by atoms with Gasteiger partial charge in [0.25, 0.3) is 5.91 Å². The summed E-state index contributed by atoms with van der Waals surface area (Å²) >= 11 is 5.97. The predicted molar refractivity (Wildman–Crippen MR) is 80.8 cm³/mol. The molecule has 0 saturated carbocycles. The van der Waals surface area contributed by atoms with E-state index in [0.29, 0.717) is 12.1 Å². The Morgan fingerprint density at radius 3 is 2.95 bits per heavy atom. The number of rotatable bonds is 4. The molecule has 1 N–H and O–H groups in total. The molecular formula is C13H18ClN3O3S. The third-order valence-corrected chi connectivity index (χ3v) is 4.45. The number of sulfonamides is 1. The van der Waals surface area contributed by atoms with Gasteiger partial charge in [-0.1, -0.05) is 11.6 Å². The number of aromatic nitrogens is 1. The maximum absolute atomic E-state index is 12.6. The van der Waals surface area contributed by atoms with Crippen molar-refractivity contribution in [2.45, 2.75) is 25.3 Å². The van der Waals surface area contributed by atoms with E-state index in [9.17, 15) is 13.2 Å². The van der Waals surface area contributed by atoms with Crippen LogP contribution in [0.5, 0.6) is 0 Å². The SMILES string of the molecule is CS(=O)(=O)NCC1CCCCN1C(=O)c1cccnc1Cl. The molecule has 0 radical (unpaired) electrons. The summed E-state index contributed by atoms with van der Waals surface area (Å²) < 4.78 is 24.9. The van der Waals surface area contributed by atoms with Gasteiger partial charge in [-0.25, -0.2) is 18.1 Å². The second-order valence-electron chi connectivity index (χ2n) is 5.11. The van der Waals surface area contributed by atoms with Crippen LogP contribution in [0.1, 0.15) is 29.6 Å². The van der Waals surface area contributed by atoms with Gasteiger partial charge in [-0.3, -0.25) is 4.79 Å². The number of hydrogen-bond donors (Lipinski definition) is 1. The highest BCUT2D eigenvalue weighted by Gasteiger charge is 2.29. The van der Waals surface area contributed by atoms with E-state index in [1.807, 2.05) is 0 Å². The predicted octanol–water partition coefficient (Wildman–Crippen LogP) is 1.28. The molecule has 116 valence electrons. The van der Waals surface area contributed by atoms with Gasteiger partial charge in [-0.05, 0) is 31.4 Å². The Morgan fingerprint density at radius 1 is 1.52 bits per heavy atom. The summed E-state index contributed by atoms with van der Waals surface area (Å²) in [6.07, 6.45) is 5.28. The average Bonchev–Trinajstić information content (AvgIpc) is 2.44. The first kappa shape index (κ1) is 16.2. The summed E-state index contributed by atoms with van der Waals surface area (Å²) in [6.45, 7) is 0.822. The maximum atomic E-state index is 12.6. The van der Waals surface area contributed by atoms with Crippen LogP contribution < -0.4 is 4.72 Å². The fraction of sp³-hybridized carbons (Fsp3) is 0.538. The lowest BCUT2D eigenvalue weighted by atomic mass is 10.0. The monoisotopic (exact) mass is 331 g/mol. The summed E-state index contributed by atoms with van der Waals surface area (Å²) in [5.41, 5.74) is 0.352. The highest BCUT2D eigenvalue weighted by Crippen LogP contribution is 2.22. The third kappa shape index (κ3) is 4.39. The standard InChI is InChI=1S/C13H18ClN3O3S/c1-21(19,20)16-9-10-5-2-3-8-17(10)13(18)11-6-4-7-15-12(11)14/h4,6-7,10,16H,2-3,5,8-9H2,1H3. The molecule has 2 heterocycles. The van der Waals surface area contributed by atoms with Crippen molar-refractivity contribution in [3.05, 3.63) is 29.0 Å². The number of carbonyl (C=O) groups excluding carboxylic acids is 1. The number of carbonyl (C=O) groups is 1. The zero-order valence-corrected chi connectivity index (χ0v) is 13.3. The van der Waals surface area contributed by atoms with E-state index in [4.69, 9.17) is 11.6 Å². The fourth-order valence-electron chi connectivity index (χ4n) is 2.43. The molecule has 1 atom stereocenters. The topological polar surface area (TPSA) is 79.4 Å². The molecule has 21 heavy (non-hydrogen) atoms. The Bertz CT molecular complexity index is 621. The van der Waals surface area contributed by atoms with Gasteiger partial charge >= 0.3 is 0 Å². The lowest BCUT2D eigenvalue weighted by Crippen LogP contribution is -2.49. The number of pyridine rings is 1. The van der Waals surface area contributed by atoms with Crippen molar-refractivity contribution >= 4 is 27.5 Å². The zero-order valence-electron chi connectivity index (χ0n) is 11.8. The van der Waals surface area contributed by atoms with E-state index in [1.165, 1.54) is 6.20 Å². The molecular weight excluding hydrogens is 314 g/mol. The number of nitrogens with zero attached hydrogens (tertiary/aromatic N) is 2. The fourth-order valence-corrected chi connectivity index (χ4v) is 3.12. The molecule has 0 aliphatic carbocycles. The van der Waals surface area contributed by atoms with Gasteiger partial charge in [-0.15, -0.1) is 0 Å². The molecule has 6 nitrogen and oxygen atoms in total. The normalized spacial score (nSPS) is 19.5. The van der Waals surface area contributed by atoms with Crippen molar-refractivity contribution in [3.63, 3.8) is 0 Å². The maximum Gasteiger partial charge on any atom is 0.257 e. The Hall–Kier alpha value is -1.18. The molecule has 0 bridgehead atoms. The van der Waals surface area contributed by atoms with Gasteiger partial charge in [0.1, 0.15) is 5.15 Å². The van der Waals surface area contributed by atoms with Crippen molar-refractivity contribution in [2.75, 3.05) is 19.3 Å². The van der Waals surface area contributed by atoms with Crippen LogP contribution in [0, 0.1) is 0 Å². The van der Waals surface area contributed by atoms with E-state index in [-0.39, 0.29) is 23.6 Å². The number of halogens is 1. The van der Waals surface area contributed by atoms with Gasteiger partial charge in [0.15, 0.2) is 0 Å². The lowest BCUT2D eigenvalue weighted by Gasteiger charge is -2.35. The van der Waals surface area contributed by atoms with Crippen LogP contribution in [0.4, 0.5) is 0 Å². The minimum absolute atomic E-state index is 0.155. The molecule has 1 saturated heterocycles. The molecule has 1 aliphatic heterocycles. The number of hydrogen-bond acceptors (Lipinski definition) is 4. The van der Waals surface area contributed by atoms with Crippen molar-refractivity contribution in [2.24, 2.45) is 0 Å². The van der Waals surface area contributed by atoms with Gasteiger partial charge in [0.2, 0.25) is 10.0 Å². The van der Waals surface area contributed by atoms with E-state index in [0.717, 1.165) is 25.5 Å². The van der Waals surface area contributed by atoms with E-state index < -0.39 is 10.0 Å². The Morgan fingerprint density at radius 2 is 2.29 bits per heavy atom. The van der Waals surface area contributed by atoms with Gasteiger partial charge in [0, 0.05) is 25.3 Å². The molecule has 1 aromatic heterocycles. The minimum atomic E-state index is -3.27. The second kappa shape index (κ2) is 6.72. The second-order valence-corrected chi connectivity index (χ2v) is 7.30. The quantitative estimate of drug-likeness (QED) is 0.843. The molecule has 0 aromatic carbocycles. The van der Waals surface area contributed by atoms with Crippen LogP contribution >= 0.6 is 11.6 Å². The number of amides is 1. The summed E-state index contributed by atoms with van der Waals surface area (Å²) in [5, 5.41) is 0.169. The zero-order chi connectivity index (χ0) is 15.5. The van der Waals surface area contributed by atoms with Crippen molar-refractivity contribution in [3.8, 4) is 0 Å². The van der Waals surface area contributed by atoms with Gasteiger partial charge in [-0.2, -0.15) is 0 Å². The van der Waals surface area contributed by atoms with Crippen LogP contribution in [0.3, 0.4) is 0 Å². The van der Waals surface area contributed by atoms with Crippen molar-refractivity contribution in [1.82, 2.24) is 14.6 Å². The molecule has 2 rings (SSSR count). The van der Waals surface area contributed by atoms with Gasteiger partial charge < -0.3 is 4.90 Å². The summed E-state index contributed by atoms with van der Waals surface area (Å²) in [6, 6.07) is 3.14. The number of likely N-dealkylation sites (tertiary alicyclic amines) is 1. The average molecular weight is 332 g/mol. The van der Waals surface area contributed by atoms with Crippen LogP contribution in [-0.2, 0) is 10.0 Å². The Kier molecular flexibility index (Phi) is 5.18. The first-order valence-corrected chi connectivity index (χ1v) is 9.01. The summed E-state index contributed by atoms with van der Waals surface area (Å²) in [4.78, 5) is 18.2. The van der Waals surface area contributed by atoms with E-state index in [1.54, 1.807) is 17.0 Å². The summed E-state index contributed by atoms with van der Waals surface area (Å²) in [7, 11) is -3.27. The largest absolute Gasteiger partial charge is 0.334 e. The van der Waals surface area contributed by atoms with Gasteiger partial charge in [0.05, 0.1) is 11.8 Å². The Labute approximate surface area is 129 Å². The molecule has 1 unspecified atom stereocenters. The Balaban J connectivity index is 2.15. The molecule has 1 amide bonds. The number of nitrogens with one attached hydrogen (secondary N) is 1. The smallest absolute Gasteiger partial charge is 0.257 e. The highest BCUT2D eigenvalue weighted by atomic mass is 35.5. The van der Waals surface area contributed by atoms with Crippen molar-refractivity contribution < 1.29 is 13.2 Å². The lowest BCUT2D eigenvalue weighted by molar-refractivity contribution is 0.0618. The molecule has 1 aromatic rings. The summed E-state index contributed by atoms with van der Waals surface area (Å²) in [5.74, 6) is -0.201. The van der Waals surface area contributed by atoms with Crippen LogP contribution in [0.2, 0.25) is 5.15 Å². The first-order chi connectivity index (χ1) is 9.88. The third-order valence-electron chi connectivity index (χ3n) is 3.46. The van der Waals surface area contributed by atoms with Crippen LogP contribution in [0.15, 0.2) is 18.3 Å². The number of piperidine rings is 1. The van der Waals surface area contributed by atoms with Crippen LogP contribution in [0.25, 0.3) is 0 Å². The van der Waals surface area contributed by atoms with Crippen molar-refractivity contribution in [1.29, 1.82) is 0 Å². The van der Waals surface area contributed by atoms with E-state index in [2.05, 4.69) is 9.71 Å². The highest BCUT2D eigenvalue weighted by molar-refractivity contribution is 7.88.